The van der Waals surface area contributed by atoms with Gasteiger partial charge in [0, 0.05) is 63.1 Å². The Morgan fingerprint density at radius 1 is 1.15 bits per heavy atom. The molecule has 2 aromatic rings. The maximum absolute atomic E-state index is 13.4. The van der Waals surface area contributed by atoms with Crippen LogP contribution in [0.4, 0.5) is 17.2 Å². The molecule has 0 radical (unpaired) electrons. The minimum Gasteiger partial charge on any atom is -0.403 e. The molecule has 39 heavy (non-hydrogen) atoms. The first-order valence-corrected chi connectivity index (χ1v) is 13.7. The Bertz CT molecular complexity index is 1180. The molecule has 4 rings (SSSR count). The third-order valence-corrected chi connectivity index (χ3v) is 7.37. The van der Waals surface area contributed by atoms with E-state index in [2.05, 4.69) is 42.8 Å². The molecule has 1 aliphatic heterocycles. The van der Waals surface area contributed by atoms with Crippen LogP contribution in [0.1, 0.15) is 42.5 Å². The number of piperazine rings is 1. The van der Waals surface area contributed by atoms with Crippen LogP contribution in [0.25, 0.3) is 0 Å². The van der Waals surface area contributed by atoms with E-state index in [-0.39, 0.29) is 11.8 Å². The highest BCUT2D eigenvalue weighted by Gasteiger charge is 2.27. The van der Waals surface area contributed by atoms with Crippen molar-refractivity contribution in [1.29, 1.82) is 0 Å². The van der Waals surface area contributed by atoms with Gasteiger partial charge in [-0.15, -0.1) is 0 Å². The lowest BCUT2D eigenvalue weighted by Gasteiger charge is -2.34. The van der Waals surface area contributed by atoms with Gasteiger partial charge in [0.1, 0.15) is 6.04 Å². The van der Waals surface area contributed by atoms with Gasteiger partial charge in [0.05, 0.1) is 11.4 Å². The number of nitrogens with zero attached hydrogens (tertiary/aromatic N) is 4. The van der Waals surface area contributed by atoms with Gasteiger partial charge in [0.2, 0.25) is 5.91 Å². The Hall–Kier alpha value is -3.92. The van der Waals surface area contributed by atoms with Gasteiger partial charge in [-0.2, -0.15) is 0 Å². The van der Waals surface area contributed by atoms with Crippen molar-refractivity contribution in [3.8, 4) is 0 Å². The Labute approximate surface area is 230 Å². The predicted octanol–water partition coefficient (Wildman–Crippen LogP) is 2.87. The fourth-order valence-corrected chi connectivity index (χ4v) is 5.20. The molecular formula is C29H40N8O2. The maximum atomic E-state index is 13.4. The number of nitrogens with one attached hydrogen (secondary N) is 3. The van der Waals surface area contributed by atoms with Gasteiger partial charge in [-0.3, -0.25) is 14.6 Å². The molecule has 1 atom stereocenters. The van der Waals surface area contributed by atoms with Crippen molar-refractivity contribution in [1.82, 2.24) is 20.5 Å². The Kier molecular flexibility index (Phi) is 9.91. The number of benzene rings is 1. The first-order chi connectivity index (χ1) is 19.0. The third-order valence-electron chi connectivity index (χ3n) is 7.37. The predicted molar refractivity (Wildman–Crippen MR) is 156 cm³/mol. The molecule has 1 aliphatic carbocycles. The lowest BCUT2D eigenvalue weighted by molar-refractivity contribution is -0.122. The van der Waals surface area contributed by atoms with Crippen LogP contribution in [0.3, 0.4) is 0 Å². The van der Waals surface area contributed by atoms with Crippen molar-refractivity contribution < 1.29 is 9.59 Å². The molecule has 208 valence electrons. The van der Waals surface area contributed by atoms with Gasteiger partial charge in [0.15, 0.2) is 5.82 Å². The van der Waals surface area contributed by atoms with Crippen molar-refractivity contribution in [2.45, 2.75) is 38.1 Å². The number of likely N-dealkylation sites (N-methyl/N-ethyl adjacent to an activating group) is 1. The molecule has 0 bridgehead atoms. The Morgan fingerprint density at radius 3 is 2.64 bits per heavy atom. The fourth-order valence-electron chi connectivity index (χ4n) is 5.20. The molecule has 5 N–H and O–H groups in total. The van der Waals surface area contributed by atoms with Gasteiger partial charge < -0.3 is 31.5 Å². The van der Waals surface area contributed by atoms with Crippen LogP contribution in [0.15, 0.2) is 59.5 Å². The summed E-state index contributed by atoms with van der Waals surface area (Å²) in [5, 5.41) is 9.21. The molecule has 1 aromatic carbocycles. The van der Waals surface area contributed by atoms with E-state index in [0.29, 0.717) is 23.6 Å². The summed E-state index contributed by atoms with van der Waals surface area (Å²) in [6.07, 6.45) is 9.60. The van der Waals surface area contributed by atoms with Gasteiger partial charge in [-0.25, -0.2) is 4.98 Å². The number of pyridine rings is 1. The number of nitrogens with two attached hydrogens (primary N) is 1. The molecule has 2 heterocycles. The standard InChI is InChI=1S/C29H40N8O2/c1-31-20-24(19-30)34-29(39)26(17-21-7-3-4-8-21)35-28(38)22-9-5-10-23(18-22)33-25-11-6-12-32-27(25)37-15-13-36(2)14-16-37/h5-6,9-12,18-21,26,33H,3-4,7-8,13-17,30H2,1-2H3,(H,34,39)(H,35,38)/b24-19+,31-20?. The summed E-state index contributed by atoms with van der Waals surface area (Å²) in [6, 6.07) is 10.5. The summed E-state index contributed by atoms with van der Waals surface area (Å²) in [5.41, 5.74) is 8.16. The first kappa shape index (κ1) is 28.1. The summed E-state index contributed by atoms with van der Waals surface area (Å²) in [7, 11) is 3.73. The molecule has 1 unspecified atom stereocenters. The third kappa shape index (κ3) is 7.79. The highest BCUT2D eigenvalue weighted by molar-refractivity contribution is 5.99. The number of hydrogen-bond donors (Lipinski definition) is 4. The zero-order chi connectivity index (χ0) is 27.6. The fraction of sp³-hybridized carbons (Fsp3) is 0.448. The number of allylic oxidation sites excluding steroid dienone is 1. The number of aliphatic imine (C=N–C) groups is 1. The second kappa shape index (κ2) is 13.7. The molecule has 2 aliphatic rings. The number of rotatable bonds is 10. The van der Waals surface area contributed by atoms with E-state index in [1.807, 2.05) is 24.3 Å². The maximum Gasteiger partial charge on any atom is 0.252 e. The van der Waals surface area contributed by atoms with Crippen LogP contribution in [-0.4, -0.2) is 74.2 Å². The van der Waals surface area contributed by atoms with Crippen LogP contribution >= 0.6 is 0 Å². The smallest absolute Gasteiger partial charge is 0.252 e. The number of hydrogen-bond acceptors (Lipinski definition) is 8. The molecule has 2 fully saturated rings. The van der Waals surface area contributed by atoms with Crippen LogP contribution in [-0.2, 0) is 4.79 Å². The van der Waals surface area contributed by atoms with E-state index < -0.39 is 6.04 Å². The van der Waals surface area contributed by atoms with Gasteiger partial charge >= 0.3 is 0 Å². The minimum absolute atomic E-state index is 0.298. The molecule has 1 saturated carbocycles. The molecule has 1 saturated heterocycles. The first-order valence-electron chi connectivity index (χ1n) is 13.7. The van der Waals surface area contributed by atoms with Gasteiger partial charge in [-0.05, 0) is 49.7 Å². The van der Waals surface area contributed by atoms with E-state index in [0.717, 1.165) is 69.1 Å². The van der Waals surface area contributed by atoms with Crippen LogP contribution < -0.4 is 26.6 Å². The van der Waals surface area contributed by atoms with Gasteiger partial charge in [-0.1, -0.05) is 31.7 Å². The zero-order valence-corrected chi connectivity index (χ0v) is 22.9. The monoisotopic (exact) mass is 532 g/mol. The van der Waals surface area contributed by atoms with Crippen molar-refractivity contribution in [3.63, 3.8) is 0 Å². The second-order valence-corrected chi connectivity index (χ2v) is 10.3. The Morgan fingerprint density at radius 2 is 1.92 bits per heavy atom. The summed E-state index contributed by atoms with van der Waals surface area (Å²) < 4.78 is 0. The highest BCUT2D eigenvalue weighted by Crippen LogP contribution is 2.29. The molecular weight excluding hydrogens is 492 g/mol. The normalized spacial score (nSPS) is 17.8. The van der Waals surface area contributed by atoms with E-state index in [9.17, 15) is 9.59 Å². The average Bonchev–Trinajstić information content (AvgIpc) is 3.46. The topological polar surface area (TPSA) is 128 Å². The lowest BCUT2D eigenvalue weighted by Crippen LogP contribution is -2.47. The SMILES string of the molecule is CN=C/C(=C\N)NC(=O)C(CC1CCCC1)NC(=O)c1cccc(Nc2cccnc2N2CCN(C)CC2)c1. The molecule has 1 aromatic heterocycles. The number of aromatic nitrogens is 1. The summed E-state index contributed by atoms with van der Waals surface area (Å²) in [6.45, 7) is 3.77. The van der Waals surface area contributed by atoms with Crippen LogP contribution in [0.2, 0.25) is 0 Å². The van der Waals surface area contributed by atoms with Crippen LogP contribution in [0.5, 0.6) is 0 Å². The quantitative estimate of drug-likeness (QED) is 0.347. The lowest BCUT2D eigenvalue weighted by atomic mass is 9.97. The molecule has 10 nitrogen and oxygen atoms in total. The average molecular weight is 533 g/mol. The number of amides is 2. The summed E-state index contributed by atoms with van der Waals surface area (Å²) >= 11 is 0. The summed E-state index contributed by atoms with van der Waals surface area (Å²) in [4.78, 5) is 39.6. The van der Waals surface area contributed by atoms with Crippen molar-refractivity contribution in [3.05, 3.63) is 60.1 Å². The number of carbonyl (C=O) groups excluding carboxylic acids is 2. The second-order valence-electron chi connectivity index (χ2n) is 10.3. The van der Waals surface area contributed by atoms with Crippen molar-refractivity contribution >= 4 is 35.2 Å². The molecule has 0 spiro atoms. The van der Waals surface area contributed by atoms with E-state index in [1.54, 1.807) is 25.4 Å². The highest BCUT2D eigenvalue weighted by atomic mass is 16.2. The summed E-state index contributed by atoms with van der Waals surface area (Å²) in [5.74, 6) is 0.698. The molecule has 2 amide bonds. The van der Waals surface area contributed by atoms with Crippen molar-refractivity contribution in [2.75, 3.05) is 50.5 Å². The van der Waals surface area contributed by atoms with E-state index >= 15 is 0 Å². The Balaban J connectivity index is 1.47. The van der Waals surface area contributed by atoms with Crippen LogP contribution in [0, 0.1) is 5.92 Å². The minimum atomic E-state index is -0.681. The largest absolute Gasteiger partial charge is 0.403 e. The van der Waals surface area contributed by atoms with Crippen molar-refractivity contribution in [2.24, 2.45) is 16.6 Å². The van der Waals surface area contributed by atoms with Gasteiger partial charge in [0.25, 0.3) is 5.91 Å². The van der Waals surface area contributed by atoms with E-state index in [4.69, 9.17) is 5.73 Å². The zero-order valence-electron chi connectivity index (χ0n) is 22.9. The van der Waals surface area contributed by atoms with E-state index in [1.165, 1.54) is 12.4 Å². The molecule has 10 heteroatoms. The number of anilines is 3. The number of carbonyl (C=O) groups is 2.